The van der Waals surface area contributed by atoms with Crippen LogP contribution in [0.2, 0.25) is 0 Å². The molecule has 0 spiro atoms. The van der Waals surface area contributed by atoms with Gasteiger partial charge in [-0.15, -0.1) is 0 Å². The zero-order chi connectivity index (χ0) is 6.10. The molecule has 1 aliphatic rings. The van der Waals surface area contributed by atoms with Gasteiger partial charge in [-0.1, -0.05) is 12.1 Å². The van der Waals surface area contributed by atoms with Crippen molar-refractivity contribution >= 4 is 0 Å². The number of hydrogen-bond acceptors (Lipinski definition) is 2. The molecule has 2 heteroatoms. The maximum Gasteiger partial charge on any atom is 0.171 e. The summed E-state index contributed by atoms with van der Waals surface area (Å²) in [4.78, 5) is 9.45. The lowest BCUT2D eigenvalue weighted by atomic mass is 10.2. The van der Waals surface area contributed by atoms with E-state index in [1.807, 2.05) is 18.2 Å². The van der Waals surface area contributed by atoms with Crippen LogP contribution in [0.25, 0.3) is 0 Å². The van der Waals surface area contributed by atoms with Gasteiger partial charge in [0.1, 0.15) is 6.61 Å². The summed E-state index contributed by atoms with van der Waals surface area (Å²) in [5.74, 6) is 0.789. The summed E-state index contributed by atoms with van der Waals surface area (Å²) in [6, 6.07) is 8.57. The molecule has 0 N–H and O–H groups in total. The van der Waals surface area contributed by atoms with Crippen LogP contribution in [0.1, 0.15) is 5.56 Å². The van der Waals surface area contributed by atoms with Crippen molar-refractivity contribution in [2.24, 2.45) is 0 Å². The molecule has 0 bridgehead atoms. The molecule has 0 amide bonds. The van der Waals surface area contributed by atoms with E-state index in [1.165, 1.54) is 0 Å². The van der Waals surface area contributed by atoms with Crippen molar-refractivity contribution in [1.82, 2.24) is 0 Å². The van der Waals surface area contributed by atoms with Crippen LogP contribution in [0.5, 0.6) is 5.75 Å². The maximum atomic E-state index is 4.77. The van der Waals surface area contributed by atoms with E-state index in [0.717, 1.165) is 11.3 Å². The van der Waals surface area contributed by atoms with Crippen LogP contribution in [0.3, 0.4) is 0 Å². The van der Waals surface area contributed by atoms with Crippen molar-refractivity contribution in [1.29, 1.82) is 0 Å². The van der Waals surface area contributed by atoms with E-state index in [4.69, 9.17) is 4.89 Å². The Bertz CT molecular complexity index is 197. The molecule has 1 heterocycles. The minimum absolute atomic E-state index is 0.524. The highest BCUT2D eigenvalue weighted by molar-refractivity contribution is 5.32. The minimum Gasteiger partial charge on any atom is -0.337 e. The van der Waals surface area contributed by atoms with Gasteiger partial charge in [0.05, 0.1) is 0 Å². The molecular formula is C7H5O2. The summed E-state index contributed by atoms with van der Waals surface area (Å²) in [6.45, 7) is 0.524. The van der Waals surface area contributed by atoms with Gasteiger partial charge in [-0.05, 0) is 12.1 Å². The Labute approximate surface area is 52.9 Å². The largest absolute Gasteiger partial charge is 0.337 e. The highest BCUT2D eigenvalue weighted by Gasteiger charge is 2.10. The Morgan fingerprint density at radius 3 is 3.44 bits per heavy atom. The first-order valence-electron chi connectivity index (χ1n) is 2.76. The van der Waals surface area contributed by atoms with Gasteiger partial charge >= 0.3 is 0 Å². The Hall–Kier alpha value is -1.02. The van der Waals surface area contributed by atoms with Crippen LogP contribution >= 0.6 is 0 Å². The van der Waals surface area contributed by atoms with Crippen molar-refractivity contribution in [3.8, 4) is 5.75 Å². The first kappa shape index (κ1) is 4.82. The molecule has 1 aliphatic heterocycles. The first-order valence-corrected chi connectivity index (χ1v) is 2.76. The Kier molecular flexibility index (Phi) is 0.932. The topological polar surface area (TPSA) is 18.5 Å². The van der Waals surface area contributed by atoms with E-state index in [1.54, 1.807) is 0 Å². The zero-order valence-corrected chi connectivity index (χ0v) is 4.76. The van der Waals surface area contributed by atoms with Crippen LogP contribution in [0.15, 0.2) is 18.2 Å². The molecule has 1 aromatic carbocycles. The molecule has 2 rings (SSSR count). The molecule has 1 radical (unpaired) electrons. The fourth-order valence-electron chi connectivity index (χ4n) is 0.799. The van der Waals surface area contributed by atoms with Crippen LogP contribution < -0.4 is 4.89 Å². The van der Waals surface area contributed by atoms with E-state index in [-0.39, 0.29) is 0 Å². The predicted octanol–water partition coefficient (Wildman–Crippen LogP) is 1.31. The molecule has 0 aromatic heterocycles. The number of rotatable bonds is 0. The molecular weight excluding hydrogens is 116 g/mol. The molecule has 0 atom stereocenters. The highest BCUT2D eigenvalue weighted by Crippen LogP contribution is 2.23. The SMILES string of the molecule is [c]1cccc2c1COO2. The van der Waals surface area contributed by atoms with Crippen molar-refractivity contribution in [3.05, 3.63) is 29.8 Å². The second kappa shape index (κ2) is 1.74. The lowest BCUT2D eigenvalue weighted by Gasteiger charge is -1.89. The summed E-state index contributed by atoms with van der Waals surface area (Å²) in [5, 5.41) is 0. The maximum absolute atomic E-state index is 4.77. The van der Waals surface area contributed by atoms with Gasteiger partial charge in [-0.25, -0.2) is 0 Å². The van der Waals surface area contributed by atoms with Gasteiger partial charge in [-0.3, -0.25) is 0 Å². The van der Waals surface area contributed by atoms with Crippen LogP contribution in [0.4, 0.5) is 0 Å². The molecule has 0 saturated carbocycles. The molecule has 45 valence electrons. The smallest absolute Gasteiger partial charge is 0.171 e. The lowest BCUT2D eigenvalue weighted by Crippen LogP contribution is -1.80. The van der Waals surface area contributed by atoms with Crippen molar-refractivity contribution in [2.75, 3.05) is 0 Å². The normalized spacial score (nSPS) is 14.7. The summed E-state index contributed by atoms with van der Waals surface area (Å²) < 4.78 is 0. The highest BCUT2D eigenvalue weighted by atomic mass is 17.2. The molecule has 0 saturated heterocycles. The van der Waals surface area contributed by atoms with Crippen molar-refractivity contribution in [3.63, 3.8) is 0 Å². The molecule has 0 fully saturated rings. The van der Waals surface area contributed by atoms with Gasteiger partial charge in [0.2, 0.25) is 0 Å². The van der Waals surface area contributed by atoms with E-state index in [2.05, 4.69) is 11.0 Å². The minimum atomic E-state index is 0.524. The van der Waals surface area contributed by atoms with E-state index in [9.17, 15) is 0 Å². The molecule has 2 nitrogen and oxygen atoms in total. The fraction of sp³-hybridized carbons (Fsp3) is 0.143. The first-order chi connectivity index (χ1) is 4.47. The average molecular weight is 121 g/mol. The van der Waals surface area contributed by atoms with Gasteiger partial charge < -0.3 is 4.89 Å². The number of benzene rings is 1. The summed E-state index contributed by atoms with van der Waals surface area (Å²) >= 11 is 0. The molecule has 9 heavy (non-hydrogen) atoms. The van der Waals surface area contributed by atoms with Crippen molar-refractivity contribution in [2.45, 2.75) is 6.61 Å². The summed E-state index contributed by atoms with van der Waals surface area (Å²) in [5.41, 5.74) is 0.998. The van der Waals surface area contributed by atoms with Crippen LogP contribution in [0, 0.1) is 6.07 Å². The molecule has 0 unspecified atom stereocenters. The average Bonchev–Trinajstić information content (AvgIpc) is 2.33. The van der Waals surface area contributed by atoms with Crippen LogP contribution in [-0.4, -0.2) is 0 Å². The van der Waals surface area contributed by atoms with Gasteiger partial charge in [0, 0.05) is 5.56 Å². The van der Waals surface area contributed by atoms with E-state index < -0.39 is 0 Å². The quantitative estimate of drug-likeness (QED) is 0.482. The fourth-order valence-corrected chi connectivity index (χ4v) is 0.799. The Balaban J connectivity index is 2.54. The van der Waals surface area contributed by atoms with Crippen molar-refractivity contribution < 1.29 is 9.78 Å². The second-order valence-corrected chi connectivity index (χ2v) is 1.86. The Morgan fingerprint density at radius 2 is 2.56 bits per heavy atom. The third kappa shape index (κ3) is 0.678. The monoisotopic (exact) mass is 121 g/mol. The molecule has 0 aliphatic carbocycles. The summed E-state index contributed by atoms with van der Waals surface area (Å²) in [6.07, 6.45) is 0. The standard InChI is InChI=1S/C7H5O2/c1-2-4-7-6(3-1)5-8-9-7/h1-2,4H,5H2. The predicted molar refractivity (Wildman–Crippen MR) is 30.7 cm³/mol. The van der Waals surface area contributed by atoms with E-state index in [0.29, 0.717) is 6.61 Å². The van der Waals surface area contributed by atoms with E-state index >= 15 is 0 Å². The Morgan fingerprint density at radius 1 is 1.56 bits per heavy atom. The molecule has 1 aromatic rings. The number of fused-ring (bicyclic) bond motifs is 1. The second-order valence-electron chi connectivity index (χ2n) is 1.86. The zero-order valence-electron chi connectivity index (χ0n) is 4.76. The summed E-state index contributed by atoms with van der Waals surface area (Å²) in [7, 11) is 0. The third-order valence-electron chi connectivity index (χ3n) is 1.25. The van der Waals surface area contributed by atoms with Gasteiger partial charge in [-0.2, -0.15) is 4.89 Å². The van der Waals surface area contributed by atoms with Gasteiger partial charge in [0.25, 0.3) is 0 Å². The third-order valence-corrected chi connectivity index (χ3v) is 1.25. The lowest BCUT2D eigenvalue weighted by molar-refractivity contribution is -0.194. The van der Waals surface area contributed by atoms with Crippen LogP contribution in [-0.2, 0) is 11.5 Å². The number of hydrogen-bond donors (Lipinski definition) is 0. The van der Waals surface area contributed by atoms with Gasteiger partial charge in [0.15, 0.2) is 5.75 Å².